The number of hydrogen-bond donors (Lipinski definition) is 0. The van der Waals surface area contributed by atoms with Gasteiger partial charge in [-0.3, -0.25) is 9.59 Å². The molecule has 0 N–H and O–H groups in total. The summed E-state index contributed by atoms with van der Waals surface area (Å²) < 4.78 is 16.4. The van der Waals surface area contributed by atoms with E-state index in [4.69, 9.17) is 0 Å². The van der Waals surface area contributed by atoms with Gasteiger partial charge in [-0.1, -0.05) is 0 Å². The Bertz CT molecular complexity index is 230. The Hall–Kier alpha value is -0.720. The molecule has 0 spiro atoms. The van der Waals surface area contributed by atoms with Gasteiger partial charge in [0.05, 0.1) is 0 Å². The van der Waals surface area contributed by atoms with Crippen molar-refractivity contribution in [3.05, 3.63) is 0 Å². The number of rotatable bonds is 6. The fourth-order valence-corrected chi connectivity index (χ4v) is 1.91. The van der Waals surface area contributed by atoms with Crippen LogP contribution < -0.4 is 0 Å². The molecule has 0 aromatic rings. The van der Waals surface area contributed by atoms with E-state index in [9.17, 15) is 19.2 Å². The summed E-state index contributed by atoms with van der Waals surface area (Å²) in [6.07, 6.45) is 0. The second-order valence-corrected chi connectivity index (χ2v) is 4.34. The van der Waals surface area contributed by atoms with Gasteiger partial charge in [0, 0.05) is 21.6 Å². The number of hydrogen-bond acceptors (Lipinski definition) is 12. The van der Waals surface area contributed by atoms with E-state index in [1.807, 2.05) is 0 Å². The predicted molar refractivity (Wildman–Crippen MR) is 57.6 cm³/mol. The lowest BCUT2D eigenvalue weighted by Crippen LogP contribution is -1.92. The molecule has 90 valence electrons. The van der Waals surface area contributed by atoms with Crippen LogP contribution in [0.15, 0.2) is 0 Å². The first-order valence-electron chi connectivity index (χ1n) is 3.00. The summed E-state index contributed by atoms with van der Waals surface area (Å²) in [5, 5.41) is -1.76. The molecule has 0 aromatic carbocycles. The van der Waals surface area contributed by atoms with Crippen molar-refractivity contribution >= 4 is 69.8 Å². The molecule has 12 heteroatoms. The van der Waals surface area contributed by atoms with Gasteiger partial charge in [-0.25, -0.2) is 9.59 Å². The van der Waals surface area contributed by atoms with Gasteiger partial charge in [0.1, 0.15) is 0 Å². The van der Waals surface area contributed by atoms with Crippen LogP contribution in [0.3, 0.4) is 0 Å². The zero-order valence-electron chi connectivity index (χ0n) is 7.05. The first-order valence-corrected chi connectivity index (χ1v) is 6.48. The van der Waals surface area contributed by atoms with Gasteiger partial charge in [0.25, 0.3) is 24.6 Å². The van der Waals surface area contributed by atoms with Crippen molar-refractivity contribution in [3.63, 3.8) is 0 Å². The van der Waals surface area contributed by atoms with Crippen molar-refractivity contribution in [3.8, 4) is 0 Å². The molecule has 0 rings (SSSR count). The zero-order chi connectivity index (χ0) is 12.2. The van der Waals surface area contributed by atoms with Gasteiger partial charge in [-0.05, 0) is 0 Å². The predicted octanol–water partition coefficient (Wildman–Crippen LogP) is 2.11. The Balaban J connectivity index is 3.47. The summed E-state index contributed by atoms with van der Waals surface area (Å²) in [4.78, 5) is 40.8. The van der Waals surface area contributed by atoms with E-state index in [1.54, 1.807) is 0 Å². The lowest BCUT2D eigenvalue weighted by atomic mass is 11.6. The Morgan fingerprint density at radius 3 is 1.50 bits per heavy atom. The van der Waals surface area contributed by atoms with Crippen LogP contribution in [0.2, 0.25) is 0 Å². The van der Waals surface area contributed by atoms with Gasteiger partial charge in [-0.2, -0.15) is 0 Å². The second kappa shape index (κ2) is 10.8. The molecule has 0 aliphatic heterocycles. The molecule has 0 aromatic heterocycles. The van der Waals surface area contributed by atoms with E-state index in [0.29, 0.717) is 21.6 Å². The Labute approximate surface area is 106 Å². The third kappa shape index (κ3) is 9.82. The van der Waals surface area contributed by atoms with E-state index in [2.05, 4.69) is 16.7 Å². The molecule has 0 radical (unpaired) electrons. The maximum atomic E-state index is 10.8. The molecule has 0 unspecified atom stereocenters. The lowest BCUT2D eigenvalue weighted by molar-refractivity contribution is -0.120. The average molecular weight is 306 g/mol. The van der Waals surface area contributed by atoms with Crippen molar-refractivity contribution in [2.45, 2.75) is 0 Å². The van der Waals surface area contributed by atoms with Crippen molar-refractivity contribution in [1.29, 1.82) is 0 Å². The average Bonchev–Trinajstić information content (AvgIpc) is 2.27. The zero-order valence-corrected chi connectivity index (χ0v) is 10.3. The SMILES string of the molecule is O=COSOC(=O)SSC(=O)OSOC=O. The number of carbonyl (C=O) groups is 4. The van der Waals surface area contributed by atoms with Crippen LogP contribution >= 0.6 is 46.2 Å². The monoisotopic (exact) mass is 306 g/mol. The molecular weight excluding hydrogens is 304 g/mol. The lowest BCUT2D eigenvalue weighted by Gasteiger charge is -1.98. The quantitative estimate of drug-likeness (QED) is 0.310. The molecule has 16 heavy (non-hydrogen) atoms. The van der Waals surface area contributed by atoms with Crippen molar-refractivity contribution in [1.82, 2.24) is 0 Å². The van der Waals surface area contributed by atoms with E-state index in [1.165, 1.54) is 0 Å². The largest absolute Gasteiger partial charge is 0.393 e. The van der Waals surface area contributed by atoms with E-state index >= 15 is 0 Å². The molecule has 0 aliphatic carbocycles. The molecular formula is C4H2O8S4. The van der Waals surface area contributed by atoms with E-state index in [-0.39, 0.29) is 37.6 Å². The Kier molecular flexibility index (Phi) is 10.3. The smallest absolute Gasteiger partial charge is 0.357 e. The summed E-state index contributed by atoms with van der Waals surface area (Å²) in [5.41, 5.74) is 0. The molecule has 0 saturated carbocycles. The third-order valence-electron chi connectivity index (χ3n) is 0.539. The third-order valence-corrected chi connectivity index (χ3v) is 3.09. The minimum atomic E-state index is -0.880. The standard InChI is InChI=1S/C4H2O8S4/c5-1-9-15-11-3(7)13-14-4(8)12-16-10-2-6/h1-2H. The Morgan fingerprint density at radius 2 is 1.19 bits per heavy atom. The van der Waals surface area contributed by atoms with Gasteiger partial charge < -0.3 is 16.7 Å². The fourth-order valence-electron chi connectivity index (χ4n) is 0.223. The maximum Gasteiger partial charge on any atom is 0.393 e. The molecule has 0 saturated heterocycles. The topological polar surface area (TPSA) is 105 Å². The van der Waals surface area contributed by atoms with Gasteiger partial charge in [0.15, 0.2) is 0 Å². The number of carbonyl (C=O) groups excluding carboxylic acids is 4. The highest BCUT2D eigenvalue weighted by molar-refractivity contribution is 8.87. The molecule has 0 amide bonds. The van der Waals surface area contributed by atoms with Gasteiger partial charge in [0.2, 0.25) is 0 Å². The maximum absolute atomic E-state index is 10.8. The first-order chi connectivity index (χ1) is 7.70. The van der Waals surface area contributed by atoms with E-state index < -0.39 is 10.6 Å². The van der Waals surface area contributed by atoms with Crippen molar-refractivity contribution in [2.24, 2.45) is 0 Å². The van der Waals surface area contributed by atoms with Gasteiger partial charge >= 0.3 is 23.5 Å². The van der Waals surface area contributed by atoms with Crippen LogP contribution in [0, 0.1) is 0 Å². The summed E-state index contributed by atoms with van der Waals surface area (Å²) in [5.74, 6) is 0. The Morgan fingerprint density at radius 1 is 0.812 bits per heavy atom. The van der Waals surface area contributed by atoms with Crippen molar-refractivity contribution in [2.75, 3.05) is 0 Å². The van der Waals surface area contributed by atoms with Crippen LogP contribution in [0.25, 0.3) is 0 Å². The summed E-state index contributed by atoms with van der Waals surface area (Å²) in [6.45, 7) is 0.134. The summed E-state index contributed by atoms with van der Waals surface area (Å²) >= 11 is 0.309. The summed E-state index contributed by atoms with van der Waals surface area (Å²) in [6, 6.07) is 0. The van der Waals surface area contributed by atoms with Crippen LogP contribution in [-0.2, 0) is 26.3 Å². The minimum Gasteiger partial charge on any atom is -0.357 e. The van der Waals surface area contributed by atoms with Crippen LogP contribution in [0.4, 0.5) is 9.59 Å². The molecule has 0 atom stereocenters. The molecule has 8 nitrogen and oxygen atoms in total. The molecule has 0 fully saturated rings. The van der Waals surface area contributed by atoms with Crippen molar-refractivity contribution < 1.29 is 35.9 Å². The highest BCUT2D eigenvalue weighted by Crippen LogP contribution is 2.29. The highest BCUT2D eigenvalue weighted by Gasteiger charge is 2.13. The second-order valence-electron chi connectivity index (χ2n) is 1.35. The molecule has 0 heterocycles. The van der Waals surface area contributed by atoms with Crippen LogP contribution in [0.1, 0.15) is 0 Å². The minimum absolute atomic E-state index is 0.0669. The normalized spacial score (nSPS) is 8.75. The molecule has 0 aliphatic rings. The van der Waals surface area contributed by atoms with E-state index in [0.717, 1.165) is 0 Å². The fraction of sp³-hybridized carbons (Fsp3) is 0. The highest BCUT2D eigenvalue weighted by atomic mass is 33.1. The molecule has 0 bridgehead atoms. The summed E-state index contributed by atoms with van der Waals surface area (Å²) in [7, 11) is 0.800. The van der Waals surface area contributed by atoms with Gasteiger partial charge in [-0.15, -0.1) is 0 Å². The first kappa shape index (κ1) is 15.3. The van der Waals surface area contributed by atoms with Crippen LogP contribution in [-0.4, -0.2) is 23.5 Å². The van der Waals surface area contributed by atoms with Crippen LogP contribution in [0.5, 0.6) is 0 Å².